The number of rotatable bonds is 6. The monoisotopic (exact) mass is 501 g/mol. The second-order valence-corrected chi connectivity index (χ2v) is 8.91. The minimum atomic E-state index is -4.56. The zero-order valence-corrected chi connectivity index (χ0v) is 19.8. The predicted octanol–water partition coefficient (Wildman–Crippen LogP) is 3.72. The lowest BCUT2D eigenvalue weighted by Gasteiger charge is -2.36. The number of nitriles is 1. The molecule has 0 spiro atoms. The number of alkyl halides is 3. The van der Waals surface area contributed by atoms with Gasteiger partial charge in [0.25, 0.3) is 5.91 Å². The average molecular weight is 502 g/mol. The number of piperidine rings is 1. The van der Waals surface area contributed by atoms with Crippen LogP contribution in [-0.4, -0.2) is 61.1 Å². The number of amides is 1. The fourth-order valence-electron chi connectivity index (χ4n) is 4.42. The van der Waals surface area contributed by atoms with E-state index >= 15 is 0 Å². The molecular formula is C24H26F3N7O2. The lowest BCUT2D eigenvalue weighted by atomic mass is 9.90. The minimum absolute atomic E-state index is 0.0689. The van der Waals surface area contributed by atoms with E-state index in [0.717, 1.165) is 25.1 Å². The molecule has 4 rings (SSSR count). The van der Waals surface area contributed by atoms with Crippen LogP contribution in [0.4, 0.5) is 19.1 Å². The van der Waals surface area contributed by atoms with Crippen LogP contribution in [0.2, 0.25) is 0 Å². The number of H-pyrrole nitrogens is 1. The molecule has 0 radical (unpaired) electrons. The van der Waals surface area contributed by atoms with E-state index in [-0.39, 0.29) is 46.1 Å². The summed E-state index contributed by atoms with van der Waals surface area (Å²) >= 11 is 0. The molecule has 36 heavy (non-hydrogen) atoms. The summed E-state index contributed by atoms with van der Waals surface area (Å²) in [4.78, 5) is 29.3. The van der Waals surface area contributed by atoms with Crippen LogP contribution in [0, 0.1) is 17.2 Å². The number of hydrogen-bond acceptors (Lipinski definition) is 7. The van der Waals surface area contributed by atoms with Crippen LogP contribution >= 0.6 is 0 Å². The van der Waals surface area contributed by atoms with Crippen LogP contribution in [0.25, 0.3) is 22.3 Å². The fourth-order valence-corrected chi connectivity index (χ4v) is 4.42. The van der Waals surface area contributed by atoms with Crippen molar-refractivity contribution in [3.8, 4) is 17.3 Å². The summed E-state index contributed by atoms with van der Waals surface area (Å²) in [7, 11) is 0. The van der Waals surface area contributed by atoms with Gasteiger partial charge in [-0.2, -0.15) is 18.4 Å². The van der Waals surface area contributed by atoms with Gasteiger partial charge in [-0.1, -0.05) is 6.92 Å². The number of aromatic amines is 1. The van der Waals surface area contributed by atoms with Crippen molar-refractivity contribution in [3.63, 3.8) is 0 Å². The number of pyridine rings is 1. The first-order valence-corrected chi connectivity index (χ1v) is 11.7. The smallest absolute Gasteiger partial charge is 0.383 e. The third-order valence-corrected chi connectivity index (χ3v) is 6.61. The van der Waals surface area contributed by atoms with Crippen molar-refractivity contribution in [2.24, 2.45) is 5.92 Å². The van der Waals surface area contributed by atoms with Gasteiger partial charge < -0.3 is 20.3 Å². The predicted molar refractivity (Wildman–Crippen MR) is 126 cm³/mol. The van der Waals surface area contributed by atoms with Gasteiger partial charge >= 0.3 is 6.18 Å². The third-order valence-electron chi connectivity index (χ3n) is 6.61. The SMILES string of the molecule is CCC(O)C(=O)N1CCC([C@@H](C)Nc2ncc(C#N)c(-c3c[nH]c4ncc(C(F)(F)F)cc34)n2)CC1. The maximum Gasteiger partial charge on any atom is 0.417 e. The van der Waals surface area contributed by atoms with E-state index in [1.165, 1.54) is 12.4 Å². The van der Waals surface area contributed by atoms with Crippen LogP contribution in [-0.2, 0) is 11.0 Å². The number of aromatic nitrogens is 4. The maximum absolute atomic E-state index is 13.2. The molecule has 0 bridgehead atoms. The van der Waals surface area contributed by atoms with E-state index in [2.05, 4.69) is 25.3 Å². The van der Waals surface area contributed by atoms with E-state index in [9.17, 15) is 28.3 Å². The Morgan fingerprint density at radius 3 is 2.69 bits per heavy atom. The van der Waals surface area contributed by atoms with E-state index in [0.29, 0.717) is 25.1 Å². The molecule has 1 saturated heterocycles. The van der Waals surface area contributed by atoms with Gasteiger partial charge in [0.2, 0.25) is 5.95 Å². The Bertz CT molecular complexity index is 1290. The summed E-state index contributed by atoms with van der Waals surface area (Å²) in [5.41, 5.74) is -0.0135. The van der Waals surface area contributed by atoms with E-state index < -0.39 is 17.8 Å². The zero-order chi connectivity index (χ0) is 26.0. The summed E-state index contributed by atoms with van der Waals surface area (Å²) in [5.74, 6) is 0.200. The standard InChI is InChI=1S/C24H26F3N7O2/c1-3-19(35)22(36)34-6-4-14(5-7-34)13(2)32-23-31-10-15(9-28)20(33-23)18-12-30-21-17(18)8-16(11-29-21)24(25,26)27/h8,10-14,19,35H,3-7H2,1-2H3,(H,29,30)(H,31,32,33)/t13-,19?/m1/s1. The molecule has 190 valence electrons. The van der Waals surface area contributed by atoms with Gasteiger partial charge in [-0.15, -0.1) is 0 Å². The molecule has 12 heteroatoms. The van der Waals surface area contributed by atoms with Gasteiger partial charge in [-0.25, -0.2) is 15.0 Å². The quantitative estimate of drug-likeness (QED) is 0.469. The second-order valence-electron chi connectivity index (χ2n) is 8.91. The number of aliphatic hydroxyl groups excluding tert-OH is 1. The number of halogens is 3. The number of carbonyl (C=O) groups excluding carboxylic acids is 1. The van der Waals surface area contributed by atoms with Crippen molar-refractivity contribution in [1.29, 1.82) is 5.26 Å². The third kappa shape index (κ3) is 5.11. The summed E-state index contributed by atoms with van der Waals surface area (Å²) in [6.07, 6.45) is -0.132. The molecule has 1 fully saturated rings. The molecule has 0 aliphatic carbocycles. The zero-order valence-electron chi connectivity index (χ0n) is 19.8. The van der Waals surface area contributed by atoms with Crippen molar-refractivity contribution < 1.29 is 23.1 Å². The first-order valence-electron chi connectivity index (χ1n) is 11.7. The van der Waals surface area contributed by atoms with Gasteiger partial charge in [0.1, 0.15) is 17.8 Å². The van der Waals surface area contributed by atoms with Crippen molar-refractivity contribution in [1.82, 2.24) is 24.8 Å². The second kappa shape index (κ2) is 10.1. The number of aliphatic hydroxyl groups is 1. The van der Waals surface area contributed by atoms with Crippen molar-refractivity contribution in [3.05, 3.63) is 35.8 Å². The molecule has 1 amide bonds. The first kappa shape index (κ1) is 25.4. The Hall–Kier alpha value is -3.72. The van der Waals surface area contributed by atoms with Gasteiger partial charge in [0, 0.05) is 42.5 Å². The summed E-state index contributed by atoms with van der Waals surface area (Å²) in [5, 5.41) is 22.8. The number of hydrogen-bond donors (Lipinski definition) is 3. The molecule has 0 saturated carbocycles. The van der Waals surface area contributed by atoms with Crippen LogP contribution in [0.3, 0.4) is 0 Å². The Kier molecular flexibility index (Phi) is 7.12. The Morgan fingerprint density at radius 1 is 1.33 bits per heavy atom. The largest absolute Gasteiger partial charge is 0.417 e. The summed E-state index contributed by atoms with van der Waals surface area (Å²) < 4.78 is 39.7. The maximum atomic E-state index is 13.2. The molecule has 1 aliphatic rings. The molecule has 3 N–H and O–H groups in total. The van der Waals surface area contributed by atoms with E-state index in [4.69, 9.17) is 0 Å². The van der Waals surface area contributed by atoms with Gasteiger partial charge in [-0.05, 0) is 38.2 Å². The molecule has 1 unspecified atom stereocenters. The molecule has 0 aromatic carbocycles. The number of nitrogens with zero attached hydrogens (tertiary/aromatic N) is 5. The van der Waals surface area contributed by atoms with Crippen molar-refractivity contribution >= 4 is 22.9 Å². The highest BCUT2D eigenvalue weighted by atomic mass is 19.4. The number of anilines is 1. The summed E-state index contributed by atoms with van der Waals surface area (Å²) in [6, 6.07) is 2.91. The molecular weight excluding hydrogens is 475 g/mol. The first-order chi connectivity index (χ1) is 17.1. The number of likely N-dealkylation sites (tertiary alicyclic amines) is 1. The van der Waals surface area contributed by atoms with Crippen LogP contribution in [0.15, 0.2) is 24.7 Å². The van der Waals surface area contributed by atoms with Crippen molar-refractivity contribution in [2.75, 3.05) is 18.4 Å². The number of nitrogens with one attached hydrogen (secondary N) is 2. The highest BCUT2D eigenvalue weighted by molar-refractivity contribution is 5.94. The molecule has 3 aromatic rings. The number of fused-ring (bicyclic) bond motifs is 1. The van der Waals surface area contributed by atoms with Gasteiger partial charge in [-0.3, -0.25) is 4.79 Å². The normalized spacial score (nSPS) is 16.5. The Balaban J connectivity index is 1.54. The highest BCUT2D eigenvalue weighted by Crippen LogP contribution is 2.35. The van der Waals surface area contributed by atoms with E-state index in [1.807, 2.05) is 13.0 Å². The Morgan fingerprint density at radius 2 is 2.06 bits per heavy atom. The van der Waals surface area contributed by atoms with Crippen molar-refractivity contribution in [2.45, 2.75) is 51.4 Å². The average Bonchev–Trinajstić information content (AvgIpc) is 3.30. The Labute approximate surface area is 205 Å². The van der Waals surface area contributed by atoms with E-state index in [1.54, 1.807) is 11.8 Å². The van der Waals surface area contributed by atoms with Crippen LogP contribution < -0.4 is 5.32 Å². The minimum Gasteiger partial charge on any atom is -0.383 e. The molecule has 4 heterocycles. The van der Waals surface area contributed by atoms with Gasteiger partial charge in [0.05, 0.1) is 23.0 Å². The van der Waals surface area contributed by atoms with Gasteiger partial charge in [0.15, 0.2) is 0 Å². The van der Waals surface area contributed by atoms with Crippen LogP contribution in [0.5, 0.6) is 0 Å². The molecule has 3 aromatic heterocycles. The highest BCUT2D eigenvalue weighted by Gasteiger charge is 2.32. The lowest BCUT2D eigenvalue weighted by Crippen LogP contribution is -2.46. The number of carbonyl (C=O) groups is 1. The van der Waals surface area contributed by atoms with Crippen LogP contribution in [0.1, 0.15) is 44.2 Å². The topological polar surface area (TPSA) is 131 Å². The summed E-state index contributed by atoms with van der Waals surface area (Å²) in [6.45, 7) is 4.80. The fraction of sp³-hybridized carbons (Fsp3) is 0.458. The lowest BCUT2D eigenvalue weighted by molar-refractivity contribution is -0.141. The molecule has 2 atom stereocenters. The molecule has 1 aliphatic heterocycles. The molecule has 9 nitrogen and oxygen atoms in total.